The van der Waals surface area contributed by atoms with Crippen molar-refractivity contribution in [2.45, 2.75) is 13.8 Å². The molecule has 0 aliphatic carbocycles. The summed E-state index contributed by atoms with van der Waals surface area (Å²) in [5, 5.41) is 32.9. The lowest BCUT2D eigenvalue weighted by Crippen LogP contribution is -2.05. The van der Waals surface area contributed by atoms with E-state index in [0.717, 1.165) is 5.56 Å². The maximum Gasteiger partial charge on any atom is 0.337 e. The number of aromatic hydroxyl groups is 1. The normalized spacial score (nSPS) is 10.4. The summed E-state index contributed by atoms with van der Waals surface area (Å²) in [4.78, 5) is 15.2. The minimum Gasteiger partial charge on any atom is -0.493 e. The van der Waals surface area contributed by atoms with Crippen LogP contribution in [0.15, 0.2) is 36.5 Å². The first-order valence-corrected chi connectivity index (χ1v) is 7.41. The molecule has 3 rings (SSSR count). The van der Waals surface area contributed by atoms with Crippen LogP contribution in [0.2, 0.25) is 0 Å². The number of rotatable bonds is 3. The van der Waals surface area contributed by atoms with Crippen LogP contribution in [0, 0.1) is 25.2 Å². The van der Waals surface area contributed by atoms with Gasteiger partial charge in [-0.2, -0.15) is 15.0 Å². The fourth-order valence-electron chi connectivity index (χ4n) is 2.61. The lowest BCUT2D eigenvalue weighted by molar-refractivity contribution is 0.0695. The van der Waals surface area contributed by atoms with E-state index in [9.17, 15) is 9.90 Å². The lowest BCUT2D eigenvalue weighted by Gasteiger charge is -2.06. The van der Waals surface area contributed by atoms with E-state index < -0.39 is 5.97 Å². The van der Waals surface area contributed by atoms with Gasteiger partial charge in [0.25, 0.3) is 0 Å². The Kier molecular flexibility index (Phi) is 3.95. The quantitative estimate of drug-likeness (QED) is 0.761. The Morgan fingerprint density at radius 1 is 1.24 bits per heavy atom. The molecular formula is C18H14N4O3. The van der Waals surface area contributed by atoms with Gasteiger partial charge in [0.2, 0.25) is 5.88 Å². The van der Waals surface area contributed by atoms with Crippen molar-refractivity contribution in [3.63, 3.8) is 0 Å². The number of carbonyl (C=O) groups is 1. The van der Waals surface area contributed by atoms with Crippen LogP contribution in [0.3, 0.4) is 0 Å². The average molecular weight is 334 g/mol. The molecule has 124 valence electrons. The molecule has 0 atom stereocenters. The van der Waals surface area contributed by atoms with Gasteiger partial charge >= 0.3 is 5.97 Å². The molecule has 0 fully saturated rings. The molecule has 0 aliphatic rings. The third-order valence-electron chi connectivity index (χ3n) is 3.88. The maximum atomic E-state index is 11.1. The lowest BCUT2D eigenvalue weighted by atomic mass is 10.0. The topological polar surface area (TPSA) is 112 Å². The van der Waals surface area contributed by atoms with Gasteiger partial charge in [-0.25, -0.2) is 9.78 Å². The highest BCUT2D eigenvalue weighted by molar-refractivity contribution is 5.89. The van der Waals surface area contributed by atoms with E-state index in [1.807, 2.05) is 6.07 Å². The monoisotopic (exact) mass is 334 g/mol. The largest absolute Gasteiger partial charge is 0.493 e. The minimum absolute atomic E-state index is 0.0967. The second-order valence-corrected chi connectivity index (χ2v) is 5.55. The maximum absolute atomic E-state index is 11.1. The summed E-state index contributed by atoms with van der Waals surface area (Å²) < 4.78 is 1.27. The number of aromatic carboxylic acids is 1. The number of hydrogen-bond donors (Lipinski definition) is 2. The molecule has 2 heterocycles. The number of pyridine rings is 1. The van der Waals surface area contributed by atoms with Crippen LogP contribution in [-0.4, -0.2) is 30.9 Å². The number of hydrogen-bond acceptors (Lipinski definition) is 5. The van der Waals surface area contributed by atoms with Gasteiger partial charge in [0.15, 0.2) is 5.82 Å². The van der Waals surface area contributed by atoms with Gasteiger partial charge < -0.3 is 10.2 Å². The van der Waals surface area contributed by atoms with Crippen molar-refractivity contribution in [3.8, 4) is 28.9 Å². The van der Waals surface area contributed by atoms with Crippen molar-refractivity contribution in [1.82, 2.24) is 14.8 Å². The number of nitrogens with zero attached hydrogens (tertiary/aromatic N) is 4. The molecular weight excluding hydrogens is 320 g/mol. The van der Waals surface area contributed by atoms with Crippen LogP contribution in [0.1, 0.15) is 27.2 Å². The molecule has 0 unspecified atom stereocenters. The first-order valence-electron chi connectivity index (χ1n) is 7.41. The summed E-state index contributed by atoms with van der Waals surface area (Å²) in [7, 11) is 0. The highest BCUT2D eigenvalue weighted by Gasteiger charge is 2.19. The van der Waals surface area contributed by atoms with Crippen LogP contribution in [-0.2, 0) is 0 Å². The second-order valence-electron chi connectivity index (χ2n) is 5.55. The summed E-state index contributed by atoms with van der Waals surface area (Å²) in [6.07, 6.45) is 1.24. The van der Waals surface area contributed by atoms with E-state index in [4.69, 9.17) is 10.4 Å². The van der Waals surface area contributed by atoms with Gasteiger partial charge in [0, 0.05) is 6.20 Å². The fourth-order valence-corrected chi connectivity index (χ4v) is 2.61. The Hall–Kier alpha value is -3.66. The first-order chi connectivity index (χ1) is 11.9. The summed E-state index contributed by atoms with van der Waals surface area (Å²) in [6, 6.07) is 10.4. The van der Waals surface area contributed by atoms with Crippen LogP contribution < -0.4 is 0 Å². The molecule has 25 heavy (non-hydrogen) atoms. The Bertz CT molecular complexity index is 1010. The van der Waals surface area contributed by atoms with E-state index in [1.165, 1.54) is 10.9 Å². The third-order valence-corrected chi connectivity index (χ3v) is 3.88. The molecule has 2 N–H and O–H groups in total. The zero-order chi connectivity index (χ0) is 18.1. The molecule has 0 aliphatic heterocycles. The number of nitriles is 1. The van der Waals surface area contributed by atoms with Crippen molar-refractivity contribution < 1.29 is 15.0 Å². The van der Waals surface area contributed by atoms with Gasteiger partial charge in [0.1, 0.15) is 0 Å². The van der Waals surface area contributed by atoms with Crippen molar-refractivity contribution in [3.05, 3.63) is 58.9 Å². The van der Waals surface area contributed by atoms with Crippen molar-refractivity contribution in [2.75, 3.05) is 0 Å². The number of aryl methyl sites for hydroxylation is 2. The average Bonchev–Trinajstić information content (AvgIpc) is 2.89. The van der Waals surface area contributed by atoms with Crippen LogP contribution >= 0.6 is 0 Å². The smallest absolute Gasteiger partial charge is 0.337 e. The number of carboxylic acids is 1. The summed E-state index contributed by atoms with van der Waals surface area (Å²) in [5.41, 5.74) is 2.98. The molecule has 7 heteroatoms. The van der Waals surface area contributed by atoms with E-state index in [-0.39, 0.29) is 11.4 Å². The standard InChI is InChI=1S/C18H14N4O3/c1-10-7-15(20-9-14(10)18(24)25)22-17(23)16(11(2)21-22)13-5-3-12(8-19)4-6-13/h3-7,9,23H,1-2H3,(H,24,25). The fraction of sp³-hybridized carbons (Fsp3) is 0.111. The Morgan fingerprint density at radius 3 is 2.48 bits per heavy atom. The van der Waals surface area contributed by atoms with Gasteiger partial charge in [0.05, 0.1) is 28.5 Å². The molecule has 2 aromatic heterocycles. The molecule has 1 aromatic carbocycles. The van der Waals surface area contributed by atoms with E-state index in [2.05, 4.69) is 10.1 Å². The molecule has 7 nitrogen and oxygen atoms in total. The van der Waals surface area contributed by atoms with E-state index >= 15 is 0 Å². The number of aromatic nitrogens is 3. The SMILES string of the molecule is Cc1cc(-n2nc(C)c(-c3ccc(C#N)cc3)c2O)ncc1C(=O)O. The summed E-state index contributed by atoms with van der Waals surface area (Å²) >= 11 is 0. The van der Waals surface area contributed by atoms with Crippen molar-refractivity contribution in [1.29, 1.82) is 5.26 Å². The Balaban J connectivity index is 2.09. The van der Waals surface area contributed by atoms with Gasteiger partial charge in [-0.3, -0.25) is 0 Å². The molecule has 0 saturated heterocycles. The van der Waals surface area contributed by atoms with Gasteiger partial charge in [-0.05, 0) is 43.2 Å². The van der Waals surface area contributed by atoms with Crippen LogP contribution in [0.4, 0.5) is 0 Å². The molecule has 0 spiro atoms. The van der Waals surface area contributed by atoms with Crippen LogP contribution in [0.25, 0.3) is 16.9 Å². The number of carboxylic acid groups (broad SMARTS) is 1. The Labute approximate surface area is 143 Å². The van der Waals surface area contributed by atoms with Gasteiger partial charge in [-0.1, -0.05) is 12.1 Å². The highest BCUT2D eigenvalue weighted by atomic mass is 16.4. The Morgan fingerprint density at radius 2 is 1.92 bits per heavy atom. The van der Waals surface area contributed by atoms with Gasteiger partial charge in [-0.15, -0.1) is 0 Å². The zero-order valence-corrected chi connectivity index (χ0v) is 13.6. The minimum atomic E-state index is -1.06. The summed E-state index contributed by atoms with van der Waals surface area (Å²) in [5.74, 6) is -0.837. The molecule has 0 amide bonds. The molecule has 0 bridgehead atoms. The van der Waals surface area contributed by atoms with Crippen molar-refractivity contribution in [2.24, 2.45) is 0 Å². The molecule has 0 saturated carbocycles. The number of benzene rings is 1. The van der Waals surface area contributed by atoms with E-state index in [0.29, 0.717) is 28.2 Å². The summed E-state index contributed by atoms with van der Waals surface area (Å²) in [6.45, 7) is 3.41. The van der Waals surface area contributed by atoms with Crippen LogP contribution in [0.5, 0.6) is 5.88 Å². The zero-order valence-electron chi connectivity index (χ0n) is 13.6. The predicted octanol–water partition coefficient (Wildman–Crippen LogP) is 2.83. The molecule has 3 aromatic rings. The van der Waals surface area contributed by atoms with Crippen molar-refractivity contribution >= 4 is 5.97 Å². The highest BCUT2D eigenvalue weighted by Crippen LogP contribution is 2.34. The van der Waals surface area contributed by atoms with E-state index in [1.54, 1.807) is 44.2 Å². The predicted molar refractivity (Wildman–Crippen MR) is 89.6 cm³/mol. The first kappa shape index (κ1) is 16.2. The second kappa shape index (κ2) is 6.09. The third kappa shape index (κ3) is 2.81. The molecule has 0 radical (unpaired) electrons.